The molecule has 0 atom stereocenters. The number of methoxy groups -OCH3 is 1. The molecule has 0 radical (unpaired) electrons. The van der Waals surface area contributed by atoms with E-state index in [-0.39, 0.29) is 29.8 Å². The molecule has 2 N–H and O–H groups in total. The van der Waals surface area contributed by atoms with E-state index in [4.69, 9.17) is 4.74 Å². The molecule has 31 heavy (non-hydrogen) atoms. The number of aliphatic imine (C=N–C) groups is 1. The van der Waals surface area contributed by atoms with Crippen molar-refractivity contribution >= 4 is 29.9 Å². The number of piperidine rings is 1. The Morgan fingerprint density at radius 2 is 1.97 bits per heavy atom. The van der Waals surface area contributed by atoms with Crippen LogP contribution in [0.4, 0.5) is 4.39 Å². The molecule has 0 unspecified atom stereocenters. The maximum absolute atomic E-state index is 13.9. The van der Waals surface area contributed by atoms with Crippen molar-refractivity contribution in [2.75, 3.05) is 33.8 Å². The highest BCUT2D eigenvalue weighted by Gasteiger charge is 2.20. The number of guanidine groups is 1. The molecule has 0 amide bonds. The average molecular weight is 545 g/mol. The van der Waals surface area contributed by atoms with E-state index >= 15 is 0 Å². The van der Waals surface area contributed by atoms with Gasteiger partial charge in [0.2, 0.25) is 0 Å². The number of halogens is 2. The molecule has 2 aromatic rings. The second-order valence-corrected chi connectivity index (χ2v) is 7.57. The van der Waals surface area contributed by atoms with E-state index in [1.54, 1.807) is 31.8 Å². The fourth-order valence-corrected chi connectivity index (χ4v) is 3.65. The Kier molecular flexibility index (Phi) is 11.0. The second kappa shape index (κ2) is 13.5. The molecule has 1 fully saturated rings. The largest absolute Gasteiger partial charge is 0.494 e. The number of hydrogen-bond acceptors (Lipinski definition) is 5. The van der Waals surface area contributed by atoms with Gasteiger partial charge in [-0.15, -0.1) is 34.2 Å². The predicted molar refractivity (Wildman–Crippen MR) is 130 cm³/mol. The van der Waals surface area contributed by atoms with Crippen LogP contribution in [0.3, 0.4) is 0 Å². The minimum atomic E-state index is -0.303. The van der Waals surface area contributed by atoms with Gasteiger partial charge in [-0.2, -0.15) is 0 Å². The Balaban J connectivity index is 0.00000341. The number of hydrogen-bond donors (Lipinski definition) is 2. The first kappa shape index (κ1) is 25.3. The van der Waals surface area contributed by atoms with Crippen molar-refractivity contribution in [1.82, 2.24) is 30.3 Å². The third-order valence-electron chi connectivity index (χ3n) is 5.38. The third-order valence-corrected chi connectivity index (χ3v) is 5.38. The molecule has 10 heteroatoms. The summed E-state index contributed by atoms with van der Waals surface area (Å²) in [4.78, 5) is 6.71. The summed E-state index contributed by atoms with van der Waals surface area (Å²) in [6.07, 6.45) is 7.67. The summed E-state index contributed by atoms with van der Waals surface area (Å²) < 4.78 is 20.9. The first-order chi connectivity index (χ1) is 14.7. The van der Waals surface area contributed by atoms with Gasteiger partial charge in [0.05, 0.1) is 7.11 Å². The van der Waals surface area contributed by atoms with E-state index in [0.717, 1.165) is 69.9 Å². The summed E-state index contributed by atoms with van der Waals surface area (Å²) in [6.45, 7) is 4.51. The number of aryl methyl sites for hydroxylation is 1. The van der Waals surface area contributed by atoms with Crippen LogP contribution in [0, 0.1) is 5.82 Å². The smallest absolute Gasteiger partial charge is 0.191 e. The van der Waals surface area contributed by atoms with E-state index < -0.39 is 0 Å². The normalized spacial score (nSPS) is 15.4. The molecule has 1 saturated heterocycles. The standard InChI is InChI=1S/C21H32FN7O.HI/c1-23-21(24-9-3-4-10-29-15-25-26-16-29)27-18-7-11-28(12-8-18)14-17-5-6-20(30-2)19(22)13-17;/h5-6,13,15-16,18H,3-4,7-12,14H2,1-2H3,(H2,23,24,27);1H. The maximum Gasteiger partial charge on any atom is 0.191 e. The minimum Gasteiger partial charge on any atom is -0.494 e. The number of nitrogens with one attached hydrogen (secondary N) is 2. The Bertz CT molecular complexity index is 795. The van der Waals surface area contributed by atoms with Gasteiger partial charge in [-0.25, -0.2) is 4.39 Å². The van der Waals surface area contributed by atoms with Crippen LogP contribution < -0.4 is 15.4 Å². The Morgan fingerprint density at radius 3 is 2.61 bits per heavy atom. The molecule has 0 aliphatic carbocycles. The van der Waals surface area contributed by atoms with Crippen molar-refractivity contribution in [2.24, 2.45) is 4.99 Å². The van der Waals surface area contributed by atoms with Crippen LogP contribution in [-0.2, 0) is 13.1 Å². The lowest BCUT2D eigenvalue weighted by Gasteiger charge is -2.33. The molecule has 1 aliphatic heterocycles. The maximum atomic E-state index is 13.9. The van der Waals surface area contributed by atoms with Crippen LogP contribution in [0.15, 0.2) is 35.8 Å². The fourth-order valence-electron chi connectivity index (χ4n) is 3.65. The number of nitrogens with zero attached hydrogens (tertiary/aromatic N) is 5. The molecule has 1 aliphatic rings. The number of likely N-dealkylation sites (tertiary alicyclic amines) is 1. The number of aromatic nitrogens is 3. The van der Waals surface area contributed by atoms with Crippen molar-refractivity contribution < 1.29 is 9.13 Å². The number of benzene rings is 1. The van der Waals surface area contributed by atoms with Crippen LogP contribution >= 0.6 is 24.0 Å². The summed E-state index contributed by atoms with van der Waals surface area (Å²) in [5.74, 6) is 0.845. The molecular formula is C21H33FIN7O. The minimum absolute atomic E-state index is 0. The first-order valence-electron chi connectivity index (χ1n) is 10.5. The fraction of sp³-hybridized carbons (Fsp3) is 0.571. The summed E-state index contributed by atoms with van der Waals surface area (Å²) in [5, 5.41) is 14.5. The monoisotopic (exact) mass is 545 g/mol. The van der Waals surface area contributed by atoms with E-state index in [0.29, 0.717) is 11.8 Å². The SMILES string of the molecule is CN=C(NCCCCn1cnnc1)NC1CCN(Cc2ccc(OC)c(F)c2)CC1.I. The van der Waals surface area contributed by atoms with Crippen LogP contribution in [0.5, 0.6) is 5.75 Å². The lowest BCUT2D eigenvalue weighted by molar-refractivity contribution is 0.198. The highest BCUT2D eigenvalue weighted by atomic mass is 127. The van der Waals surface area contributed by atoms with Crippen molar-refractivity contribution in [3.8, 4) is 5.75 Å². The molecule has 1 aromatic carbocycles. The summed E-state index contributed by atoms with van der Waals surface area (Å²) in [5.41, 5.74) is 0.976. The van der Waals surface area contributed by atoms with Crippen LogP contribution in [-0.4, -0.2) is 65.5 Å². The van der Waals surface area contributed by atoms with Crippen LogP contribution in [0.2, 0.25) is 0 Å². The quantitative estimate of drug-likeness (QED) is 0.219. The lowest BCUT2D eigenvalue weighted by atomic mass is 10.0. The Morgan fingerprint density at radius 1 is 1.23 bits per heavy atom. The van der Waals surface area contributed by atoms with Gasteiger partial charge in [-0.1, -0.05) is 6.07 Å². The molecule has 2 heterocycles. The second-order valence-electron chi connectivity index (χ2n) is 7.57. The van der Waals surface area contributed by atoms with E-state index in [9.17, 15) is 4.39 Å². The Labute approximate surface area is 200 Å². The molecule has 0 spiro atoms. The first-order valence-corrected chi connectivity index (χ1v) is 10.5. The number of ether oxygens (including phenoxy) is 1. The highest BCUT2D eigenvalue weighted by Crippen LogP contribution is 2.20. The molecule has 0 bridgehead atoms. The van der Waals surface area contributed by atoms with Gasteiger partial charge in [0.25, 0.3) is 0 Å². The zero-order valence-electron chi connectivity index (χ0n) is 18.3. The highest BCUT2D eigenvalue weighted by molar-refractivity contribution is 14.0. The Hall–Kier alpha value is -1.95. The van der Waals surface area contributed by atoms with Crippen LogP contribution in [0.25, 0.3) is 0 Å². The summed E-state index contributed by atoms with van der Waals surface area (Å²) in [7, 11) is 3.29. The van der Waals surface area contributed by atoms with Gasteiger partial charge in [0.15, 0.2) is 17.5 Å². The topological polar surface area (TPSA) is 79.6 Å². The number of rotatable bonds is 9. The number of unbranched alkanes of at least 4 members (excludes halogenated alkanes) is 1. The van der Waals surface area contributed by atoms with Gasteiger partial charge >= 0.3 is 0 Å². The molecule has 172 valence electrons. The van der Waals surface area contributed by atoms with Crippen molar-refractivity contribution in [3.63, 3.8) is 0 Å². The van der Waals surface area contributed by atoms with E-state index in [2.05, 4.69) is 30.7 Å². The van der Waals surface area contributed by atoms with Gasteiger partial charge < -0.3 is 19.9 Å². The molecule has 3 rings (SSSR count). The van der Waals surface area contributed by atoms with Gasteiger partial charge in [0.1, 0.15) is 12.7 Å². The van der Waals surface area contributed by atoms with Crippen molar-refractivity contribution in [3.05, 3.63) is 42.2 Å². The van der Waals surface area contributed by atoms with Crippen molar-refractivity contribution in [2.45, 2.75) is 44.8 Å². The van der Waals surface area contributed by atoms with Crippen molar-refractivity contribution in [1.29, 1.82) is 0 Å². The average Bonchev–Trinajstić information content (AvgIpc) is 3.27. The predicted octanol–water partition coefficient (Wildman–Crippen LogP) is 2.65. The van der Waals surface area contributed by atoms with Gasteiger partial charge in [-0.05, 0) is 43.4 Å². The van der Waals surface area contributed by atoms with Gasteiger partial charge in [0, 0.05) is 45.8 Å². The van der Waals surface area contributed by atoms with E-state index in [1.807, 2.05) is 10.6 Å². The summed E-state index contributed by atoms with van der Waals surface area (Å²) in [6, 6.07) is 5.60. The molecule has 1 aromatic heterocycles. The van der Waals surface area contributed by atoms with E-state index in [1.165, 1.54) is 7.11 Å². The zero-order valence-corrected chi connectivity index (χ0v) is 20.6. The van der Waals surface area contributed by atoms with Gasteiger partial charge in [-0.3, -0.25) is 9.89 Å². The molecule has 0 saturated carbocycles. The summed E-state index contributed by atoms with van der Waals surface area (Å²) >= 11 is 0. The molecule has 8 nitrogen and oxygen atoms in total. The molecular weight excluding hydrogens is 512 g/mol. The third kappa shape index (κ3) is 8.24. The lowest BCUT2D eigenvalue weighted by Crippen LogP contribution is -2.48. The zero-order chi connectivity index (χ0) is 21.2. The van der Waals surface area contributed by atoms with Crippen LogP contribution in [0.1, 0.15) is 31.2 Å².